The predicted octanol–water partition coefficient (Wildman–Crippen LogP) is 2.43. The maximum atomic E-state index is 11.1. The van der Waals surface area contributed by atoms with Gasteiger partial charge >= 0.3 is 11.9 Å². The highest BCUT2D eigenvalue weighted by molar-refractivity contribution is 6.02. The molecule has 0 amide bonds. The molecule has 0 saturated carbocycles. The van der Waals surface area contributed by atoms with Crippen LogP contribution in [-0.2, 0) is 6.42 Å². The lowest BCUT2D eigenvalue weighted by Gasteiger charge is -2.08. The Morgan fingerprint density at radius 1 is 1.22 bits per heavy atom. The summed E-state index contributed by atoms with van der Waals surface area (Å²) in [7, 11) is 0. The van der Waals surface area contributed by atoms with Gasteiger partial charge in [-0.05, 0) is 31.4 Å². The molecule has 4 heteroatoms. The Morgan fingerprint density at radius 3 is 2.50 bits per heavy atom. The van der Waals surface area contributed by atoms with Crippen LogP contribution >= 0.6 is 0 Å². The zero-order valence-corrected chi connectivity index (χ0v) is 10.1. The minimum absolute atomic E-state index is 0.116. The first-order valence-corrected chi connectivity index (χ1v) is 5.56. The number of carboxylic acid groups (broad SMARTS) is 2. The van der Waals surface area contributed by atoms with E-state index in [0.717, 1.165) is 0 Å². The van der Waals surface area contributed by atoms with Crippen LogP contribution < -0.4 is 0 Å². The quantitative estimate of drug-likeness (QED) is 0.618. The topological polar surface area (TPSA) is 74.6 Å². The normalized spacial score (nSPS) is 9.39. The summed E-state index contributed by atoms with van der Waals surface area (Å²) in [6.07, 6.45) is 1.90. The summed E-state index contributed by atoms with van der Waals surface area (Å²) in [5.41, 5.74) is 0.260. The molecule has 0 spiro atoms. The highest BCUT2D eigenvalue weighted by Gasteiger charge is 2.19. The van der Waals surface area contributed by atoms with Crippen LogP contribution in [0.3, 0.4) is 0 Å². The van der Waals surface area contributed by atoms with E-state index in [2.05, 4.69) is 11.8 Å². The van der Waals surface area contributed by atoms with Gasteiger partial charge in [-0.15, -0.1) is 11.8 Å². The van der Waals surface area contributed by atoms with E-state index in [1.54, 1.807) is 19.1 Å². The Bertz CT molecular complexity index is 520. The molecule has 0 aromatic heterocycles. The first-order valence-electron chi connectivity index (χ1n) is 5.56. The molecule has 2 N–H and O–H groups in total. The van der Waals surface area contributed by atoms with Crippen molar-refractivity contribution in [2.75, 3.05) is 0 Å². The third-order valence-electron chi connectivity index (χ3n) is 2.52. The van der Waals surface area contributed by atoms with Gasteiger partial charge in [0.25, 0.3) is 0 Å². The summed E-state index contributed by atoms with van der Waals surface area (Å²) >= 11 is 0. The van der Waals surface area contributed by atoms with Crippen molar-refractivity contribution in [2.24, 2.45) is 0 Å². The van der Waals surface area contributed by atoms with Gasteiger partial charge in [0.2, 0.25) is 0 Å². The van der Waals surface area contributed by atoms with Crippen molar-refractivity contribution in [2.45, 2.75) is 26.2 Å². The van der Waals surface area contributed by atoms with Crippen molar-refractivity contribution in [1.29, 1.82) is 0 Å². The molecule has 0 aliphatic rings. The zero-order chi connectivity index (χ0) is 13.5. The second-order valence-corrected chi connectivity index (χ2v) is 3.73. The van der Waals surface area contributed by atoms with Crippen molar-refractivity contribution in [1.82, 2.24) is 0 Å². The Balaban J connectivity index is 3.02. The molecule has 0 aliphatic heterocycles. The van der Waals surface area contributed by atoms with Gasteiger partial charge in [0.05, 0.1) is 11.1 Å². The summed E-state index contributed by atoms with van der Waals surface area (Å²) in [4.78, 5) is 22.1. The third-order valence-corrected chi connectivity index (χ3v) is 2.52. The lowest BCUT2D eigenvalue weighted by atomic mass is 9.97. The third kappa shape index (κ3) is 3.36. The summed E-state index contributed by atoms with van der Waals surface area (Å²) in [5.74, 6) is 3.23. The van der Waals surface area contributed by atoms with Gasteiger partial charge < -0.3 is 10.2 Å². The van der Waals surface area contributed by atoms with Crippen LogP contribution in [0.2, 0.25) is 0 Å². The lowest BCUT2D eigenvalue weighted by molar-refractivity contribution is 0.0650. The van der Waals surface area contributed by atoms with Gasteiger partial charge in [0, 0.05) is 6.42 Å². The monoisotopic (exact) mass is 246 g/mol. The Morgan fingerprint density at radius 2 is 1.94 bits per heavy atom. The first kappa shape index (κ1) is 13.8. The standard InChI is InChI=1S/C14H14O4/c1-2-3-4-5-7-10-8-6-9-11(13(15)16)12(10)14(17)18/h6,8-9H,4-5,7H2,1H3,(H,15,16)(H,17,18). The molecule has 18 heavy (non-hydrogen) atoms. The van der Waals surface area contributed by atoms with Crippen molar-refractivity contribution in [3.63, 3.8) is 0 Å². The first-order chi connectivity index (χ1) is 8.57. The fourth-order valence-corrected chi connectivity index (χ4v) is 1.73. The van der Waals surface area contributed by atoms with Crippen LogP contribution in [0.15, 0.2) is 18.2 Å². The minimum Gasteiger partial charge on any atom is -0.478 e. The number of carboxylic acids is 2. The maximum absolute atomic E-state index is 11.1. The van der Waals surface area contributed by atoms with Crippen LogP contribution in [0, 0.1) is 11.8 Å². The summed E-state index contributed by atoms with van der Waals surface area (Å²) in [5, 5.41) is 18.1. The van der Waals surface area contributed by atoms with Gasteiger partial charge in [0.15, 0.2) is 0 Å². The van der Waals surface area contributed by atoms with Crippen LogP contribution in [0.1, 0.15) is 46.0 Å². The zero-order valence-electron chi connectivity index (χ0n) is 10.1. The van der Waals surface area contributed by atoms with Crippen LogP contribution in [0.5, 0.6) is 0 Å². The van der Waals surface area contributed by atoms with Gasteiger partial charge in [-0.3, -0.25) is 0 Å². The Hall–Kier alpha value is -2.28. The molecule has 4 nitrogen and oxygen atoms in total. The van der Waals surface area contributed by atoms with E-state index in [1.807, 2.05) is 0 Å². The van der Waals surface area contributed by atoms with Gasteiger partial charge in [-0.25, -0.2) is 9.59 Å². The fraction of sp³-hybridized carbons (Fsp3) is 0.286. The fourth-order valence-electron chi connectivity index (χ4n) is 1.73. The highest BCUT2D eigenvalue weighted by Crippen LogP contribution is 2.17. The van der Waals surface area contributed by atoms with Crippen molar-refractivity contribution >= 4 is 11.9 Å². The predicted molar refractivity (Wildman–Crippen MR) is 66.7 cm³/mol. The lowest BCUT2D eigenvalue weighted by Crippen LogP contribution is -2.11. The van der Waals surface area contributed by atoms with Crippen LogP contribution in [-0.4, -0.2) is 22.2 Å². The molecule has 94 valence electrons. The molecule has 0 fully saturated rings. The Kier molecular flexibility index (Phi) is 4.94. The number of rotatable bonds is 5. The number of carbonyl (C=O) groups is 2. The van der Waals surface area contributed by atoms with E-state index < -0.39 is 11.9 Å². The summed E-state index contributed by atoms with van der Waals surface area (Å²) in [6, 6.07) is 4.52. The van der Waals surface area contributed by atoms with E-state index in [-0.39, 0.29) is 11.1 Å². The highest BCUT2D eigenvalue weighted by atomic mass is 16.4. The summed E-state index contributed by atoms with van der Waals surface area (Å²) in [6.45, 7) is 1.74. The molecule has 1 aromatic rings. The van der Waals surface area contributed by atoms with E-state index in [9.17, 15) is 9.59 Å². The molecule has 1 aromatic carbocycles. The maximum Gasteiger partial charge on any atom is 0.336 e. The second-order valence-electron chi connectivity index (χ2n) is 3.73. The average Bonchev–Trinajstić information content (AvgIpc) is 2.33. The summed E-state index contributed by atoms with van der Waals surface area (Å²) < 4.78 is 0. The average molecular weight is 246 g/mol. The van der Waals surface area contributed by atoms with Crippen LogP contribution in [0.4, 0.5) is 0 Å². The molecule has 0 bridgehead atoms. The number of aryl methyl sites for hydroxylation is 1. The van der Waals surface area contributed by atoms with E-state index in [4.69, 9.17) is 10.2 Å². The largest absolute Gasteiger partial charge is 0.478 e. The van der Waals surface area contributed by atoms with Gasteiger partial charge in [-0.2, -0.15) is 0 Å². The number of hydrogen-bond donors (Lipinski definition) is 2. The molecule has 0 aliphatic carbocycles. The molecule has 0 heterocycles. The van der Waals surface area contributed by atoms with E-state index in [1.165, 1.54) is 6.07 Å². The molecule has 1 rings (SSSR count). The molecule has 0 atom stereocenters. The van der Waals surface area contributed by atoms with Crippen molar-refractivity contribution in [3.05, 3.63) is 34.9 Å². The SMILES string of the molecule is CC#CCCCc1cccc(C(=O)O)c1C(=O)O. The molecule has 0 unspecified atom stereocenters. The number of unbranched alkanes of at least 4 members (excludes halogenated alkanes) is 1. The van der Waals surface area contributed by atoms with Crippen molar-refractivity contribution < 1.29 is 19.8 Å². The Labute approximate surface area is 105 Å². The van der Waals surface area contributed by atoms with Gasteiger partial charge in [-0.1, -0.05) is 12.1 Å². The number of benzene rings is 1. The molecular weight excluding hydrogens is 232 g/mol. The molecule has 0 saturated heterocycles. The van der Waals surface area contributed by atoms with Crippen molar-refractivity contribution in [3.8, 4) is 11.8 Å². The second kappa shape index (κ2) is 6.45. The smallest absolute Gasteiger partial charge is 0.336 e. The van der Waals surface area contributed by atoms with E-state index in [0.29, 0.717) is 24.8 Å². The number of aromatic carboxylic acids is 2. The minimum atomic E-state index is -1.22. The van der Waals surface area contributed by atoms with Crippen LogP contribution in [0.25, 0.3) is 0 Å². The van der Waals surface area contributed by atoms with E-state index >= 15 is 0 Å². The molecular formula is C14H14O4. The number of hydrogen-bond acceptors (Lipinski definition) is 2. The van der Waals surface area contributed by atoms with Gasteiger partial charge in [0.1, 0.15) is 0 Å². The molecule has 0 radical (unpaired) electrons.